The van der Waals surface area contributed by atoms with Crippen LogP contribution in [0.4, 0.5) is 5.69 Å². The van der Waals surface area contributed by atoms with Gasteiger partial charge in [0.1, 0.15) is 6.17 Å². The van der Waals surface area contributed by atoms with Crippen LogP contribution < -0.4 is 10.6 Å². The Hall–Kier alpha value is -1.05. The molecule has 0 amide bonds. The number of hydrogen-bond donors (Lipinski definition) is 2. The van der Waals surface area contributed by atoms with Gasteiger partial charge in [0.25, 0.3) is 0 Å². The maximum Gasteiger partial charge on any atom is 0.108 e. The molecule has 4 rings (SSSR count). The molecule has 1 aromatic carbocycles. The van der Waals surface area contributed by atoms with E-state index < -0.39 is 0 Å². The molecule has 146 valence electrons. The smallest absolute Gasteiger partial charge is 0.108 e. The van der Waals surface area contributed by atoms with E-state index in [0.29, 0.717) is 12.0 Å². The van der Waals surface area contributed by atoms with Crippen molar-refractivity contribution in [2.24, 2.45) is 0 Å². The number of piperazine rings is 1. The van der Waals surface area contributed by atoms with Crippen molar-refractivity contribution < 1.29 is 4.74 Å². The number of hydrogen-bond acceptors (Lipinski definition) is 6. The lowest BCUT2D eigenvalue weighted by Gasteiger charge is -2.39. The number of para-hydroxylation sites is 1. The molecule has 27 heavy (non-hydrogen) atoms. The summed E-state index contributed by atoms with van der Waals surface area (Å²) in [5, 5.41) is 7.52. The van der Waals surface area contributed by atoms with E-state index in [2.05, 4.69) is 59.7 Å². The quantitative estimate of drug-likeness (QED) is 0.753. The van der Waals surface area contributed by atoms with Gasteiger partial charge in [0.2, 0.25) is 0 Å². The van der Waals surface area contributed by atoms with Gasteiger partial charge in [0, 0.05) is 60.4 Å². The van der Waals surface area contributed by atoms with Gasteiger partial charge in [-0.05, 0) is 30.5 Å². The molecule has 0 aliphatic carbocycles. The molecule has 2 atom stereocenters. The molecule has 2 aliphatic rings. The lowest BCUT2D eigenvalue weighted by molar-refractivity contribution is 0.126. The number of benzene rings is 1. The van der Waals surface area contributed by atoms with Gasteiger partial charge in [-0.3, -0.25) is 4.90 Å². The zero-order valence-electron chi connectivity index (χ0n) is 16.3. The molecule has 2 aliphatic heterocycles. The summed E-state index contributed by atoms with van der Waals surface area (Å²) in [5.74, 6) is 0.566. The van der Waals surface area contributed by atoms with Crippen LogP contribution in [0.5, 0.6) is 0 Å². The monoisotopic (exact) mass is 403 g/mol. The van der Waals surface area contributed by atoms with Crippen molar-refractivity contribution in [2.45, 2.75) is 47.5 Å². The van der Waals surface area contributed by atoms with Crippen LogP contribution in [0.25, 0.3) is 0 Å². The second-order valence-electron chi connectivity index (χ2n) is 7.62. The molecule has 0 saturated carbocycles. The normalized spacial score (nSPS) is 22.8. The minimum atomic E-state index is 0.229. The standard InChI is InChI=1S/C21H29N3OS2/c1-14(2)19-12-16-20(24-10-9-22-15(13-24)8-11-25-3)23-17-6-4-5-7-18(17)26-21(16)27-19/h4-7,12,14-15,20,22-23H,8-11,13H2,1-3H3/t15-,20?/m0/s1. The first-order valence-corrected chi connectivity index (χ1v) is 11.4. The van der Waals surface area contributed by atoms with Crippen LogP contribution >= 0.6 is 23.1 Å². The first-order chi connectivity index (χ1) is 13.2. The fraction of sp³-hybridized carbons (Fsp3) is 0.524. The summed E-state index contributed by atoms with van der Waals surface area (Å²) in [6.07, 6.45) is 1.28. The summed E-state index contributed by atoms with van der Waals surface area (Å²) in [5.41, 5.74) is 2.69. The first kappa shape index (κ1) is 19.3. The van der Waals surface area contributed by atoms with Crippen molar-refractivity contribution in [3.63, 3.8) is 0 Å². The number of nitrogens with one attached hydrogen (secondary N) is 2. The fourth-order valence-corrected chi connectivity index (χ4v) is 6.31. The fourth-order valence-electron chi connectivity index (χ4n) is 3.79. The molecular weight excluding hydrogens is 374 g/mol. The van der Waals surface area contributed by atoms with Crippen molar-refractivity contribution in [3.8, 4) is 0 Å². The third kappa shape index (κ3) is 4.20. The highest BCUT2D eigenvalue weighted by atomic mass is 32.2. The van der Waals surface area contributed by atoms with Crippen LogP contribution in [0.3, 0.4) is 0 Å². The SMILES string of the molecule is COCC[C@H]1CN(C2Nc3ccccc3Sc3sc(C(C)C)cc32)CCN1. The highest BCUT2D eigenvalue weighted by molar-refractivity contribution is 8.01. The molecule has 4 nitrogen and oxygen atoms in total. The molecule has 3 heterocycles. The number of anilines is 1. The van der Waals surface area contributed by atoms with Gasteiger partial charge in [-0.1, -0.05) is 37.7 Å². The maximum atomic E-state index is 5.30. The number of methoxy groups -OCH3 is 1. The van der Waals surface area contributed by atoms with E-state index in [9.17, 15) is 0 Å². The van der Waals surface area contributed by atoms with E-state index in [1.807, 2.05) is 23.1 Å². The van der Waals surface area contributed by atoms with Gasteiger partial charge >= 0.3 is 0 Å². The molecule has 1 aromatic heterocycles. The number of thiophene rings is 1. The van der Waals surface area contributed by atoms with E-state index in [4.69, 9.17) is 4.74 Å². The van der Waals surface area contributed by atoms with Gasteiger partial charge in [0.05, 0.1) is 4.21 Å². The summed E-state index contributed by atoms with van der Waals surface area (Å²) in [6, 6.07) is 11.6. The zero-order valence-corrected chi connectivity index (χ0v) is 18.0. The molecular formula is C21H29N3OS2. The number of rotatable bonds is 5. The Morgan fingerprint density at radius 3 is 2.96 bits per heavy atom. The molecule has 0 bridgehead atoms. The topological polar surface area (TPSA) is 36.5 Å². The van der Waals surface area contributed by atoms with Crippen LogP contribution in [-0.2, 0) is 4.74 Å². The molecule has 2 N–H and O–H groups in total. The van der Waals surface area contributed by atoms with E-state index >= 15 is 0 Å². The van der Waals surface area contributed by atoms with Gasteiger partial charge in [-0.25, -0.2) is 0 Å². The zero-order chi connectivity index (χ0) is 18.8. The second kappa shape index (κ2) is 8.53. The minimum absolute atomic E-state index is 0.229. The predicted molar refractivity (Wildman–Crippen MR) is 115 cm³/mol. The Bertz CT molecular complexity index is 777. The highest BCUT2D eigenvalue weighted by Crippen LogP contribution is 2.48. The van der Waals surface area contributed by atoms with Gasteiger partial charge < -0.3 is 15.4 Å². The Kier molecular flexibility index (Phi) is 6.09. The van der Waals surface area contributed by atoms with Crippen LogP contribution in [0.1, 0.15) is 42.8 Å². The van der Waals surface area contributed by atoms with E-state index in [1.165, 1.54) is 25.2 Å². The average molecular weight is 404 g/mol. The highest BCUT2D eigenvalue weighted by Gasteiger charge is 2.32. The van der Waals surface area contributed by atoms with Crippen molar-refractivity contribution in [3.05, 3.63) is 40.8 Å². The van der Waals surface area contributed by atoms with Crippen LogP contribution in [0.2, 0.25) is 0 Å². The van der Waals surface area contributed by atoms with Gasteiger partial charge in [-0.2, -0.15) is 0 Å². The van der Waals surface area contributed by atoms with E-state index in [1.54, 1.807) is 7.11 Å². The Labute approximate surface area is 170 Å². The molecule has 1 unspecified atom stereocenters. The van der Waals surface area contributed by atoms with Crippen molar-refractivity contribution in [1.82, 2.24) is 10.2 Å². The molecule has 1 fully saturated rings. The van der Waals surface area contributed by atoms with Crippen LogP contribution in [-0.4, -0.2) is 44.3 Å². The predicted octanol–water partition coefficient (Wildman–Crippen LogP) is 4.76. The van der Waals surface area contributed by atoms with E-state index in [-0.39, 0.29) is 6.17 Å². The van der Waals surface area contributed by atoms with E-state index in [0.717, 1.165) is 32.7 Å². The van der Waals surface area contributed by atoms with Gasteiger partial charge in [0.15, 0.2) is 0 Å². The minimum Gasteiger partial charge on any atom is -0.385 e. The molecule has 6 heteroatoms. The lowest BCUT2D eigenvalue weighted by atomic mass is 10.1. The Balaban J connectivity index is 1.66. The molecule has 0 radical (unpaired) electrons. The summed E-state index contributed by atoms with van der Waals surface area (Å²) in [6.45, 7) is 8.51. The van der Waals surface area contributed by atoms with Crippen molar-refractivity contribution >= 4 is 28.8 Å². The summed E-state index contributed by atoms with van der Waals surface area (Å²) < 4.78 is 6.74. The molecule has 0 spiro atoms. The maximum absolute atomic E-state index is 5.30. The van der Waals surface area contributed by atoms with Crippen molar-refractivity contribution in [1.29, 1.82) is 0 Å². The lowest BCUT2D eigenvalue weighted by Crippen LogP contribution is -2.53. The number of ether oxygens (including phenoxy) is 1. The second-order valence-corrected chi connectivity index (χ2v) is 10.0. The number of nitrogens with zero attached hydrogens (tertiary/aromatic N) is 1. The third-order valence-electron chi connectivity index (χ3n) is 5.31. The summed E-state index contributed by atoms with van der Waals surface area (Å²) >= 11 is 3.88. The first-order valence-electron chi connectivity index (χ1n) is 9.79. The summed E-state index contributed by atoms with van der Waals surface area (Å²) in [4.78, 5) is 5.41. The third-order valence-corrected chi connectivity index (χ3v) is 8.06. The molecule has 2 aromatic rings. The average Bonchev–Trinajstić information content (AvgIpc) is 3.03. The number of fused-ring (bicyclic) bond motifs is 2. The van der Waals surface area contributed by atoms with Crippen molar-refractivity contribution in [2.75, 3.05) is 38.7 Å². The van der Waals surface area contributed by atoms with Gasteiger partial charge in [-0.15, -0.1) is 11.3 Å². The summed E-state index contributed by atoms with van der Waals surface area (Å²) in [7, 11) is 1.78. The largest absolute Gasteiger partial charge is 0.385 e. The Morgan fingerprint density at radius 1 is 1.30 bits per heavy atom. The van der Waals surface area contributed by atoms with Crippen LogP contribution in [0.15, 0.2) is 39.4 Å². The van der Waals surface area contributed by atoms with Crippen LogP contribution in [0, 0.1) is 0 Å². The Morgan fingerprint density at radius 2 is 2.15 bits per heavy atom. The molecule has 1 saturated heterocycles.